The molecule has 2 rings (SSSR count). The molecule has 51 heavy (non-hydrogen) atoms. The number of rotatable bonds is 27. The Morgan fingerprint density at radius 2 is 1.43 bits per heavy atom. The van der Waals surface area contributed by atoms with E-state index in [1.165, 1.54) is 12.1 Å². The summed E-state index contributed by atoms with van der Waals surface area (Å²) in [6, 6.07) is 5.89. The molecule has 2 aromatic rings. The summed E-state index contributed by atoms with van der Waals surface area (Å²) in [5, 5.41) is 18.2. The number of carboxylic acid groups (broad SMARTS) is 1. The van der Waals surface area contributed by atoms with Crippen LogP contribution in [-0.4, -0.2) is 100 Å². The van der Waals surface area contributed by atoms with Crippen molar-refractivity contribution < 1.29 is 43.2 Å². The zero-order chi connectivity index (χ0) is 37.5. The average molecular weight is 758 g/mol. The van der Waals surface area contributed by atoms with Gasteiger partial charge >= 0.3 is 5.97 Å². The minimum atomic E-state index is -1.14. The Morgan fingerprint density at radius 3 is 2.00 bits per heavy atom. The fourth-order valence-corrected chi connectivity index (χ4v) is 5.07. The van der Waals surface area contributed by atoms with E-state index in [9.17, 15) is 19.5 Å². The van der Waals surface area contributed by atoms with Crippen LogP contribution >= 0.6 is 23.2 Å². The normalized spacial score (nSPS) is 12.0. The Kier molecular flexibility index (Phi) is 21.5. The molecule has 1 atom stereocenters. The minimum absolute atomic E-state index is 0.144. The summed E-state index contributed by atoms with van der Waals surface area (Å²) in [4.78, 5) is 40.7. The summed E-state index contributed by atoms with van der Waals surface area (Å²) in [7, 11) is 0. The Bertz CT molecular complexity index is 1320. The lowest BCUT2D eigenvalue weighted by Crippen LogP contribution is -2.39. The lowest BCUT2D eigenvalue weighted by atomic mass is 9.93. The Labute approximate surface area is 311 Å². The molecular weight excluding hydrogens is 703 g/mol. The fourth-order valence-electron chi connectivity index (χ4n) is 4.46. The van der Waals surface area contributed by atoms with Crippen LogP contribution in [-0.2, 0) is 33.3 Å². The van der Waals surface area contributed by atoms with Gasteiger partial charge in [-0.15, -0.1) is 0 Å². The van der Waals surface area contributed by atoms with Crippen molar-refractivity contribution in [2.45, 2.75) is 65.8 Å². The van der Waals surface area contributed by atoms with Gasteiger partial charge in [-0.3, -0.25) is 14.4 Å². The van der Waals surface area contributed by atoms with Crippen LogP contribution in [0.4, 0.5) is 5.82 Å². The number of carbonyl (C=O) groups excluding carboxylic acids is 2. The SMILES string of the molecule is Cc1ccnc(NCCCCC(=O)NCC(=O)NC(CC(=O)O)c2cc(Cl)c(OCCOCCOCCOCCOCCC(C)(C)C)c(Cl)c2)c1. The molecule has 0 aliphatic heterocycles. The molecule has 1 heterocycles. The van der Waals surface area contributed by atoms with Gasteiger partial charge in [-0.05, 0) is 67.0 Å². The van der Waals surface area contributed by atoms with Crippen molar-refractivity contribution in [3.63, 3.8) is 0 Å². The molecule has 0 spiro atoms. The highest BCUT2D eigenvalue weighted by molar-refractivity contribution is 6.37. The van der Waals surface area contributed by atoms with Gasteiger partial charge < -0.3 is 44.7 Å². The third-order valence-corrected chi connectivity index (χ3v) is 7.78. The number of hydrogen-bond donors (Lipinski definition) is 4. The number of ether oxygens (including phenoxy) is 5. The molecule has 1 unspecified atom stereocenters. The standard InChI is InChI=1S/C36H54Cl2N4O9/c1-26-8-11-40-31(21-26)39-10-6-5-7-32(43)41-25-33(44)42-30(24-34(45)46)27-22-28(37)35(29(38)23-27)51-20-19-50-18-17-49-16-15-48-14-13-47-12-9-36(2,3)4/h8,11,21-23,30H,5-7,9-10,12-20,24-25H2,1-4H3,(H,39,40)(H,41,43)(H,42,44)(H,45,46). The molecule has 0 saturated carbocycles. The van der Waals surface area contributed by atoms with Gasteiger partial charge in [-0.25, -0.2) is 4.98 Å². The number of nitrogens with one attached hydrogen (secondary N) is 3. The number of aromatic nitrogens is 1. The number of carbonyl (C=O) groups is 3. The van der Waals surface area contributed by atoms with Crippen molar-refractivity contribution in [1.29, 1.82) is 0 Å². The molecule has 13 nitrogen and oxygen atoms in total. The number of halogens is 2. The van der Waals surface area contributed by atoms with Crippen molar-refractivity contribution in [1.82, 2.24) is 15.6 Å². The van der Waals surface area contributed by atoms with E-state index in [1.54, 1.807) is 6.20 Å². The highest BCUT2D eigenvalue weighted by Gasteiger charge is 2.22. The van der Waals surface area contributed by atoms with E-state index in [0.717, 1.165) is 30.8 Å². The first-order valence-electron chi connectivity index (χ1n) is 17.2. The van der Waals surface area contributed by atoms with Crippen LogP contribution in [0.15, 0.2) is 30.5 Å². The van der Waals surface area contributed by atoms with Gasteiger partial charge in [0.15, 0.2) is 5.75 Å². The van der Waals surface area contributed by atoms with Crippen LogP contribution in [0.2, 0.25) is 10.0 Å². The van der Waals surface area contributed by atoms with Crippen LogP contribution < -0.4 is 20.7 Å². The third kappa shape index (κ3) is 21.0. The first-order chi connectivity index (χ1) is 24.3. The van der Waals surface area contributed by atoms with Crippen LogP contribution in [0.1, 0.15) is 70.0 Å². The van der Waals surface area contributed by atoms with E-state index in [0.29, 0.717) is 58.2 Å². The monoisotopic (exact) mass is 756 g/mol. The highest BCUT2D eigenvalue weighted by atomic mass is 35.5. The molecule has 0 radical (unpaired) electrons. The largest absolute Gasteiger partial charge is 0.488 e. The predicted octanol–water partition coefficient (Wildman–Crippen LogP) is 5.61. The van der Waals surface area contributed by atoms with E-state index in [4.69, 9.17) is 46.9 Å². The summed E-state index contributed by atoms with van der Waals surface area (Å²) in [5.41, 5.74) is 1.74. The second kappa shape index (κ2) is 24.9. The molecular formula is C36H54Cl2N4O9. The summed E-state index contributed by atoms with van der Waals surface area (Å²) in [6.07, 6.45) is 3.90. The summed E-state index contributed by atoms with van der Waals surface area (Å²) in [6.45, 7) is 12.8. The van der Waals surface area contributed by atoms with E-state index in [2.05, 4.69) is 41.7 Å². The highest BCUT2D eigenvalue weighted by Crippen LogP contribution is 2.36. The first-order valence-corrected chi connectivity index (χ1v) is 18.0. The van der Waals surface area contributed by atoms with Crippen LogP contribution in [0, 0.1) is 12.3 Å². The number of unbranched alkanes of at least 4 members (excludes halogenated alkanes) is 1. The number of nitrogens with zero attached hydrogens (tertiary/aromatic N) is 1. The van der Waals surface area contributed by atoms with Crippen molar-refractivity contribution in [2.24, 2.45) is 5.41 Å². The number of aliphatic carboxylic acids is 1. The first kappa shape index (κ1) is 44.0. The topological polar surface area (TPSA) is 167 Å². The number of carboxylic acids is 1. The molecule has 0 aliphatic carbocycles. The molecule has 1 aromatic carbocycles. The Balaban J connectivity index is 1.64. The zero-order valence-electron chi connectivity index (χ0n) is 30.2. The lowest BCUT2D eigenvalue weighted by molar-refractivity contribution is -0.138. The van der Waals surface area contributed by atoms with Gasteiger partial charge in [0.05, 0.1) is 75.3 Å². The van der Waals surface area contributed by atoms with E-state index in [-0.39, 0.29) is 53.3 Å². The van der Waals surface area contributed by atoms with E-state index >= 15 is 0 Å². The smallest absolute Gasteiger partial charge is 0.305 e. The molecule has 0 saturated heterocycles. The maximum atomic E-state index is 12.6. The molecule has 1 aromatic heterocycles. The van der Waals surface area contributed by atoms with E-state index < -0.39 is 24.3 Å². The molecule has 2 amide bonds. The predicted molar refractivity (Wildman–Crippen MR) is 197 cm³/mol. The summed E-state index contributed by atoms with van der Waals surface area (Å²) >= 11 is 12.9. The molecule has 4 N–H and O–H groups in total. The Hall–Kier alpha value is -3.20. The average Bonchev–Trinajstić information content (AvgIpc) is 3.05. The van der Waals surface area contributed by atoms with Gasteiger partial charge in [0, 0.05) is 25.8 Å². The number of amides is 2. The molecule has 0 fully saturated rings. The summed E-state index contributed by atoms with van der Waals surface area (Å²) < 4.78 is 27.8. The van der Waals surface area contributed by atoms with Crippen molar-refractivity contribution in [3.05, 3.63) is 51.6 Å². The number of aryl methyl sites for hydroxylation is 1. The van der Waals surface area contributed by atoms with Crippen LogP contribution in [0.25, 0.3) is 0 Å². The number of pyridine rings is 1. The Morgan fingerprint density at radius 1 is 0.843 bits per heavy atom. The van der Waals surface area contributed by atoms with Crippen molar-refractivity contribution in [2.75, 3.05) is 77.9 Å². The maximum Gasteiger partial charge on any atom is 0.305 e. The number of benzene rings is 1. The molecule has 15 heteroatoms. The van der Waals surface area contributed by atoms with Gasteiger partial charge in [-0.2, -0.15) is 0 Å². The quantitative estimate of drug-likeness (QED) is 0.0838. The van der Waals surface area contributed by atoms with Gasteiger partial charge in [0.1, 0.15) is 12.4 Å². The second-order valence-corrected chi connectivity index (χ2v) is 13.8. The van der Waals surface area contributed by atoms with Crippen LogP contribution in [0.3, 0.4) is 0 Å². The van der Waals surface area contributed by atoms with Crippen molar-refractivity contribution >= 4 is 46.8 Å². The van der Waals surface area contributed by atoms with E-state index in [1.807, 2.05) is 19.1 Å². The molecule has 0 aliphatic rings. The van der Waals surface area contributed by atoms with Gasteiger partial charge in [0.25, 0.3) is 0 Å². The minimum Gasteiger partial charge on any atom is -0.488 e. The summed E-state index contributed by atoms with van der Waals surface area (Å²) in [5.74, 6) is -0.997. The van der Waals surface area contributed by atoms with Gasteiger partial charge in [-0.1, -0.05) is 44.0 Å². The maximum absolute atomic E-state index is 12.6. The number of hydrogen-bond acceptors (Lipinski definition) is 10. The molecule has 0 bridgehead atoms. The third-order valence-electron chi connectivity index (χ3n) is 7.22. The fraction of sp³-hybridized carbons (Fsp3) is 0.611. The zero-order valence-corrected chi connectivity index (χ0v) is 31.7. The number of anilines is 1. The van der Waals surface area contributed by atoms with Gasteiger partial charge in [0.2, 0.25) is 11.8 Å². The van der Waals surface area contributed by atoms with Crippen molar-refractivity contribution in [3.8, 4) is 5.75 Å². The second-order valence-electron chi connectivity index (χ2n) is 13.0. The lowest BCUT2D eigenvalue weighted by Gasteiger charge is -2.20. The molecule has 286 valence electrons. The van der Waals surface area contributed by atoms with Crippen LogP contribution in [0.5, 0.6) is 5.75 Å².